The molecule has 0 bridgehead atoms. The second kappa shape index (κ2) is 8.57. The van der Waals surface area contributed by atoms with Crippen LogP contribution in [0.3, 0.4) is 0 Å². The summed E-state index contributed by atoms with van der Waals surface area (Å²) in [7, 11) is 0. The number of alkyl carbamates (subject to hydrolysis) is 1. The molecule has 134 valence electrons. The zero-order chi connectivity index (χ0) is 18.3. The van der Waals surface area contributed by atoms with Crippen molar-refractivity contribution in [1.29, 1.82) is 0 Å². The number of nitrogens with one attached hydrogen (secondary N) is 2. The number of hydrogen-bond donors (Lipinski definition) is 4. The second-order valence-electron chi connectivity index (χ2n) is 6.17. The molecule has 24 heavy (non-hydrogen) atoms. The van der Waals surface area contributed by atoms with E-state index in [1.165, 1.54) is 24.3 Å². The van der Waals surface area contributed by atoms with Crippen molar-refractivity contribution in [3.63, 3.8) is 0 Å². The molecule has 0 aromatic heterocycles. The van der Waals surface area contributed by atoms with Crippen LogP contribution >= 0.6 is 0 Å². The number of hydrogen-bond acceptors (Lipinski definition) is 7. The predicted molar refractivity (Wildman–Crippen MR) is 86.3 cm³/mol. The van der Waals surface area contributed by atoms with Gasteiger partial charge >= 0.3 is 6.09 Å². The molecule has 2 atom stereocenters. The van der Waals surface area contributed by atoms with Gasteiger partial charge in [0.1, 0.15) is 11.8 Å². The molecule has 1 aromatic carbocycles. The maximum Gasteiger partial charge on any atom is 0.407 e. The predicted octanol–water partition coefficient (Wildman–Crippen LogP) is 1.06. The molecule has 0 aliphatic rings. The highest BCUT2D eigenvalue weighted by molar-refractivity contribution is 5.67. The van der Waals surface area contributed by atoms with Gasteiger partial charge in [-0.3, -0.25) is 15.4 Å². The minimum absolute atomic E-state index is 0.00890. The van der Waals surface area contributed by atoms with Gasteiger partial charge in [-0.2, -0.15) is 0 Å². The fourth-order valence-corrected chi connectivity index (χ4v) is 1.75. The zero-order valence-electron chi connectivity index (χ0n) is 13.9. The largest absolute Gasteiger partial charge is 0.444 e. The van der Waals surface area contributed by atoms with Crippen molar-refractivity contribution in [2.75, 3.05) is 13.1 Å². The van der Waals surface area contributed by atoms with Crippen molar-refractivity contribution in [2.24, 2.45) is 0 Å². The third kappa shape index (κ3) is 7.36. The number of rotatable bonds is 7. The summed E-state index contributed by atoms with van der Waals surface area (Å²) in [6.45, 7) is 5.09. The Balaban J connectivity index is 2.36. The average Bonchev–Trinajstić information content (AvgIpc) is 2.49. The van der Waals surface area contributed by atoms with Crippen LogP contribution in [-0.4, -0.2) is 46.1 Å². The van der Waals surface area contributed by atoms with Gasteiger partial charge in [0.05, 0.1) is 17.6 Å². The summed E-state index contributed by atoms with van der Waals surface area (Å²) in [5, 5.41) is 35.3. The molecule has 9 nitrogen and oxygen atoms in total. The van der Waals surface area contributed by atoms with E-state index in [0.717, 1.165) is 0 Å². The summed E-state index contributed by atoms with van der Waals surface area (Å²) >= 11 is 0. The Morgan fingerprint density at radius 2 is 1.83 bits per heavy atom. The Bertz CT molecular complexity index is 555. The fraction of sp³-hybridized carbons (Fsp3) is 0.533. The van der Waals surface area contributed by atoms with E-state index in [0.29, 0.717) is 5.56 Å². The number of nitrogens with zero attached hydrogens (tertiary/aromatic N) is 1. The van der Waals surface area contributed by atoms with Crippen LogP contribution in [-0.2, 0) is 4.74 Å². The molecule has 0 fully saturated rings. The van der Waals surface area contributed by atoms with Crippen molar-refractivity contribution >= 4 is 11.8 Å². The van der Waals surface area contributed by atoms with Crippen LogP contribution in [0.25, 0.3) is 0 Å². The number of carbonyl (C=O) groups is 1. The van der Waals surface area contributed by atoms with Crippen molar-refractivity contribution in [1.82, 2.24) is 10.6 Å². The number of amides is 1. The van der Waals surface area contributed by atoms with Gasteiger partial charge in [0.2, 0.25) is 0 Å². The summed E-state index contributed by atoms with van der Waals surface area (Å²) in [6, 6.07) is 5.46. The second-order valence-corrected chi connectivity index (χ2v) is 6.17. The quantitative estimate of drug-likeness (QED) is 0.331. The fourth-order valence-electron chi connectivity index (χ4n) is 1.75. The van der Waals surface area contributed by atoms with Gasteiger partial charge in [-0.15, -0.1) is 0 Å². The van der Waals surface area contributed by atoms with Gasteiger partial charge in [-0.25, -0.2) is 4.79 Å². The van der Waals surface area contributed by atoms with Crippen molar-refractivity contribution in [3.8, 4) is 0 Å². The van der Waals surface area contributed by atoms with Gasteiger partial charge in [0.15, 0.2) is 0 Å². The van der Waals surface area contributed by atoms with Crippen molar-refractivity contribution in [2.45, 2.75) is 38.7 Å². The molecule has 0 aliphatic carbocycles. The molecule has 0 aliphatic heterocycles. The van der Waals surface area contributed by atoms with Crippen molar-refractivity contribution in [3.05, 3.63) is 39.9 Å². The van der Waals surface area contributed by atoms with E-state index in [9.17, 15) is 25.1 Å². The van der Waals surface area contributed by atoms with E-state index in [1.807, 2.05) is 0 Å². The molecular formula is C15H23N3O6. The van der Waals surface area contributed by atoms with E-state index in [1.54, 1.807) is 20.8 Å². The molecule has 0 saturated heterocycles. The third-order valence-electron chi connectivity index (χ3n) is 2.87. The highest BCUT2D eigenvalue weighted by atomic mass is 16.6. The molecule has 0 spiro atoms. The van der Waals surface area contributed by atoms with Crippen LogP contribution in [0.2, 0.25) is 0 Å². The van der Waals surface area contributed by atoms with E-state index in [2.05, 4.69) is 10.6 Å². The molecule has 2 unspecified atom stereocenters. The Labute approximate surface area is 139 Å². The molecule has 1 aromatic rings. The van der Waals surface area contributed by atoms with Gasteiger partial charge in [0.25, 0.3) is 5.69 Å². The van der Waals surface area contributed by atoms with Gasteiger partial charge in [-0.05, 0) is 38.5 Å². The lowest BCUT2D eigenvalue weighted by molar-refractivity contribution is -0.384. The Hall–Kier alpha value is -2.23. The first kappa shape index (κ1) is 19.8. The number of aliphatic hydroxyl groups is 2. The number of aliphatic hydroxyl groups excluding tert-OH is 2. The van der Waals surface area contributed by atoms with Crippen LogP contribution in [0.5, 0.6) is 0 Å². The Morgan fingerprint density at radius 1 is 1.25 bits per heavy atom. The number of ether oxygens (including phenoxy) is 1. The van der Waals surface area contributed by atoms with E-state index >= 15 is 0 Å². The first-order valence-corrected chi connectivity index (χ1v) is 7.39. The smallest absolute Gasteiger partial charge is 0.407 e. The summed E-state index contributed by atoms with van der Waals surface area (Å²) in [5.74, 6) is 0. The lowest BCUT2D eigenvalue weighted by Crippen LogP contribution is -2.43. The number of non-ortho nitro benzene ring substituents is 1. The lowest BCUT2D eigenvalue weighted by Gasteiger charge is -2.21. The molecule has 9 heteroatoms. The minimum Gasteiger partial charge on any atom is -0.444 e. The molecule has 0 radical (unpaired) electrons. The number of nitro groups is 1. The third-order valence-corrected chi connectivity index (χ3v) is 2.87. The maximum absolute atomic E-state index is 11.4. The zero-order valence-corrected chi connectivity index (χ0v) is 13.9. The number of benzene rings is 1. The number of carbonyl (C=O) groups excluding carboxylic acids is 1. The topological polar surface area (TPSA) is 134 Å². The Morgan fingerprint density at radius 3 is 2.33 bits per heavy atom. The van der Waals surface area contributed by atoms with Crippen LogP contribution in [0.15, 0.2) is 24.3 Å². The summed E-state index contributed by atoms with van der Waals surface area (Å²) in [4.78, 5) is 21.5. The van der Waals surface area contributed by atoms with Crippen LogP contribution in [0, 0.1) is 10.1 Å². The number of nitro benzene ring substituents is 1. The minimum atomic E-state index is -1.08. The van der Waals surface area contributed by atoms with E-state index < -0.39 is 28.9 Å². The van der Waals surface area contributed by atoms with Gasteiger partial charge in [-0.1, -0.05) is 0 Å². The van der Waals surface area contributed by atoms with Gasteiger partial charge in [0, 0.05) is 18.7 Å². The highest BCUT2D eigenvalue weighted by Crippen LogP contribution is 2.17. The molecule has 0 heterocycles. The summed E-state index contributed by atoms with van der Waals surface area (Å²) in [6.07, 6.45) is -2.69. The van der Waals surface area contributed by atoms with E-state index in [4.69, 9.17) is 4.74 Å². The van der Waals surface area contributed by atoms with Crippen LogP contribution < -0.4 is 10.6 Å². The Kier molecular flexibility index (Phi) is 7.08. The first-order chi connectivity index (χ1) is 11.1. The normalized spacial score (nSPS) is 13.9. The molecule has 0 saturated carbocycles. The highest BCUT2D eigenvalue weighted by Gasteiger charge is 2.17. The monoisotopic (exact) mass is 341 g/mol. The average molecular weight is 341 g/mol. The van der Waals surface area contributed by atoms with Gasteiger partial charge < -0.3 is 20.3 Å². The van der Waals surface area contributed by atoms with E-state index in [-0.39, 0.29) is 18.8 Å². The maximum atomic E-state index is 11.4. The standard InChI is InChI=1S/C15H23N3O6/c1-15(2,3)24-14(21)17-9-13(20)16-8-12(19)10-4-6-11(7-5-10)18(22)23/h4-7,12-13,16,19-20H,8-9H2,1-3H3,(H,17,21). The van der Waals surface area contributed by atoms with Crippen LogP contribution in [0.1, 0.15) is 32.4 Å². The van der Waals surface area contributed by atoms with Crippen molar-refractivity contribution < 1.29 is 24.7 Å². The lowest BCUT2D eigenvalue weighted by atomic mass is 10.1. The first-order valence-electron chi connectivity index (χ1n) is 7.39. The SMILES string of the molecule is CC(C)(C)OC(=O)NCC(O)NCC(O)c1ccc([N+](=O)[O-])cc1. The molecule has 1 rings (SSSR count). The summed E-state index contributed by atoms with van der Waals surface area (Å²) < 4.78 is 5.02. The molecule has 4 N–H and O–H groups in total. The molecule has 1 amide bonds. The van der Waals surface area contributed by atoms with Crippen LogP contribution in [0.4, 0.5) is 10.5 Å². The molecular weight excluding hydrogens is 318 g/mol. The summed E-state index contributed by atoms with van der Waals surface area (Å²) in [5.41, 5.74) is -0.227.